The van der Waals surface area contributed by atoms with Gasteiger partial charge in [0.2, 0.25) is 0 Å². The maximum Gasteiger partial charge on any atom is 0.164 e. The van der Waals surface area contributed by atoms with Crippen LogP contribution < -0.4 is 0 Å². The Kier molecular flexibility index (Phi) is 7.73. The molecule has 54 heavy (non-hydrogen) atoms. The van der Waals surface area contributed by atoms with E-state index in [1.54, 1.807) is 0 Å². The Hall–Kier alpha value is -7.37. The fraction of sp³-hybridized carbons (Fsp3) is 0. The van der Waals surface area contributed by atoms with Crippen LogP contribution in [0.25, 0.3) is 100 Å². The average molecular weight is 690 g/mol. The van der Waals surface area contributed by atoms with Crippen LogP contribution in [0.2, 0.25) is 0 Å². The molecule has 3 aromatic heterocycles. The minimum atomic E-state index is 0.640. The fourth-order valence-electron chi connectivity index (χ4n) is 7.19. The summed E-state index contributed by atoms with van der Waals surface area (Å²) in [5, 5.41) is 4.34. The van der Waals surface area contributed by atoms with Gasteiger partial charge in [-0.2, -0.15) is 0 Å². The van der Waals surface area contributed by atoms with E-state index in [1.807, 2.05) is 78.9 Å². The molecule has 0 saturated heterocycles. The van der Waals surface area contributed by atoms with E-state index in [4.69, 9.17) is 24.9 Å². The number of aromatic nitrogens is 5. The summed E-state index contributed by atoms with van der Waals surface area (Å²) < 4.78 is 0. The standard InChI is InChI=1S/C49H31N5/c1-4-12-33(13-5-1)43-30-26-35-24-25-36-27-31-44(51-46(36)45(35)50-43)34-22-20-32(21-23-34)39-28-29-42(41-19-11-10-18-40(39)41)49-53-47(37-14-6-2-7-15-37)52-48(54-49)38-16-8-3-9-17-38/h1-31H. The van der Waals surface area contributed by atoms with Crippen molar-refractivity contribution in [2.75, 3.05) is 0 Å². The summed E-state index contributed by atoms with van der Waals surface area (Å²) in [6.45, 7) is 0. The zero-order valence-corrected chi connectivity index (χ0v) is 29.1. The van der Waals surface area contributed by atoms with Crippen molar-refractivity contribution in [3.8, 4) is 67.8 Å². The van der Waals surface area contributed by atoms with Gasteiger partial charge in [-0.15, -0.1) is 0 Å². The van der Waals surface area contributed by atoms with Crippen LogP contribution in [0.1, 0.15) is 0 Å². The first kappa shape index (κ1) is 31.4. The largest absolute Gasteiger partial charge is 0.245 e. The molecule has 0 N–H and O–H groups in total. The second-order valence-corrected chi connectivity index (χ2v) is 13.3. The smallest absolute Gasteiger partial charge is 0.164 e. The molecule has 0 bridgehead atoms. The topological polar surface area (TPSA) is 64.5 Å². The molecule has 0 fully saturated rings. The highest BCUT2D eigenvalue weighted by Crippen LogP contribution is 2.37. The van der Waals surface area contributed by atoms with Gasteiger partial charge in [-0.1, -0.05) is 170 Å². The molecule has 5 heteroatoms. The van der Waals surface area contributed by atoms with Crippen molar-refractivity contribution in [2.45, 2.75) is 0 Å². The van der Waals surface area contributed by atoms with E-state index >= 15 is 0 Å². The third kappa shape index (κ3) is 5.74. The van der Waals surface area contributed by atoms with Crippen molar-refractivity contribution in [3.63, 3.8) is 0 Å². The van der Waals surface area contributed by atoms with Crippen LogP contribution >= 0.6 is 0 Å². The highest BCUT2D eigenvalue weighted by molar-refractivity contribution is 6.05. The van der Waals surface area contributed by atoms with Gasteiger partial charge >= 0.3 is 0 Å². The quantitative estimate of drug-likeness (QED) is 0.163. The third-order valence-corrected chi connectivity index (χ3v) is 9.95. The van der Waals surface area contributed by atoms with E-state index < -0.39 is 0 Å². The lowest BCUT2D eigenvalue weighted by Gasteiger charge is -2.13. The van der Waals surface area contributed by atoms with E-state index in [0.29, 0.717) is 17.5 Å². The average Bonchev–Trinajstić information content (AvgIpc) is 3.26. The Bertz CT molecular complexity index is 2910. The summed E-state index contributed by atoms with van der Waals surface area (Å²) in [5.41, 5.74) is 10.9. The highest BCUT2D eigenvalue weighted by atomic mass is 15.0. The van der Waals surface area contributed by atoms with E-state index in [2.05, 4.69) is 109 Å². The molecule has 3 heterocycles. The van der Waals surface area contributed by atoms with Gasteiger partial charge in [0.05, 0.1) is 22.4 Å². The van der Waals surface area contributed by atoms with Gasteiger partial charge in [-0.3, -0.25) is 0 Å². The molecule has 0 aliphatic heterocycles. The molecule has 0 saturated carbocycles. The SMILES string of the molecule is c1ccc(-c2ccc3ccc4ccc(-c5ccc(-c6ccc(-c7nc(-c8ccccc8)nc(-c8ccccc8)n7)c7ccccc67)cc5)nc4c3n2)cc1. The Labute approximate surface area is 312 Å². The monoisotopic (exact) mass is 689 g/mol. The summed E-state index contributed by atoms with van der Waals surface area (Å²) in [6.07, 6.45) is 0. The van der Waals surface area contributed by atoms with E-state index in [0.717, 1.165) is 82.9 Å². The van der Waals surface area contributed by atoms with Crippen LogP contribution in [-0.4, -0.2) is 24.9 Å². The first-order valence-electron chi connectivity index (χ1n) is 18.0. The predicted octanol–water partition coefficient (Wildman–Crippen LogP) is 12.1. The van der Waals surface area contributed by atoms with Gasteiger partial charge in [0.15, 0.2) is 17.5 Å². The minimum Gasteiger partial charge on any atom is -0.245 e. The summed E-state index contributed by atoms with van der Waals surface area (Å²) in [4.78, 5) is 25.2. The molecule has 0 unspecified atom stereocenters. The van der Waals surface area contributed by atoms with Crippen LogP contribution in [0.15, 0.2) is 188 Å². The Morgan fingerprint density at radius 3 is 1.17 bits per heavy atom. The summed E-state index contributed by atoms with van der Waals surface area (Å²) in [5.74, 6) is 1.93. The fourth-order valence-corrected chi connectivity index (χ4v) is 7.19. The summed E-state index contributed by atoms with van der Waals surface area (Å²) in [7, 11) is 0. The molecule has 10 aromatic rings. The molecule has 0 atom stereocenters. The Balaban J connectivity index is 1.04. The second-order valence-electron chi connectivity index (χ2n) is 13.3. The van der Waals surface area contributed by atoms with E-state index in [1.165, 1.54) is 0 Å². The van der Waals surface area contributed by atoms with Crippen molar-refractivity contribution in [1.29, 1.82) is 0 Å². The molecule has 5 nitrogen and oxygen atoms in total. The maximum absolute atomic E-state index is 5.18. The lowest BCUT2D eigenvalue weighted by atomic mass is 9.94. The van der Waals surface area contributed by atoms with Crippen molar-refractivity contribution in [2.24, 2.45) is 0 Å². The normalized spacial score (nSPS) is 11.3. The zero-order valence-electron chi connectivity index (χ0n) is 29.1. The van der Waals surface area contributed by atoms with Crippen molar-refractivity contribution in [3.05, 3.63) is 188 Å². The lowest BCUT2D eigenvalue weighted by molar-refractivity contribution is 1.08. The molecular weight excluding hydrogens is 659 g/mol. The van der Waals surface area contributed by atoms with E-state index in [9.17, 15) is 0 Å². The van der Waals surface area contributed by atoms with Crippen LogP contribution in [0.4, 0.5) is 0 Å². The number of benzene rings is 7. The Morgan fingerprint density at radius 2 is 0.630 bits per heavy atom. The number of rotatable bonds is 6. The van der Waals surface area contributed by atoms with Gasteiger partial charge in [0, 0.05) is 38.6 Å². The number of nitrogens with zero attached hydrogens (tertiary/aromatic N) is 5. The Morgan fingerprint density at radius 1 is 0.241 bits per heavy atom. The van der Waals surface area contributed by atoms with Crippen molar-refractivity contribution >= 4 is 32.6 Å². The first-order valence-corrected chi connectivity index (χ1v) is 18.0. The van der Waals surface area contributed by atoms with Gasteiger partial charge in [0.25, 0.3) is 0 Å². The molecular formula is C49H31N5. The van der Waals surface area contributed by atoms with Crippen LogP contribution in [0.5, 0.6) is 0 Å². The molecule has 7 aromatic carbocycles. The van der Waals surface area contributed by atoms with Crippen LogP contribution in [0, 0.1) is 0 Å². The van der Waals surface area contributed by atoms with Gasteiger partial charge in [0.1, 0.15) is 0 Å². The van der Waals surface area contributed by atoms with Crippen molar-refractivity contribution < 1.29 is 0 Å². The number of hydrogen-bond acceptors (Lipinski definition) is 5. The highest BCUT2D eigenvalue weighted by Gasteiger charge is 2.16. The van der Waals surface area contributed by atoms with Crippen molar-refractivity contribution in [1.82, 2.24) is 24.9 Å². The third-order valence-electron chi connectivity index (χ3n) is 9.95. The molecule has 0 radical (unpaired) electrons. The van der Waals surface area contributed by atoms with E-state index in [-0.39, 0.29) is 0 Å². The summed E-state index contributed by atoms with van der Waals surface area (Å²) >= 11 is 0. The van der Waals surface area contributed by atoms with Crippen LogP contribution in [-0.2, 0) is 0 Å². The molecule has 0 amide bonds. The maximum atomic E-state index is 5.18. The van der Waals surface area contributed by atoms with Gasteiger partial charge < -0.3 is 0 Å². The van der Waals surface area contributed by atoms with Gasteiger partial charge in [-0.05, 0) is 40.1 Å². The molecule has 0 spiro atoms. The molecule has 10 rings (SSSR count). The zero-order chi connectivity index (χ0) is 35.8. The van der Waals surface area contributed by atoms with Gasteiger partial charge in [-0.25, -0.2) is 24.9 Å². The lowest BCUT2D eigenvalue weighted by Crippen LogP contribution is -2.00. The second kappa shape index (κ2) is 13.3. The first-order chi connectivity index (χ1) is 26.7. The van der Waals surface area contributed by atoms with Crippen LogP contribution in [0.3, 0.4) is 0 Å². The predicted molar refractivity (Wildman–Crippen MR) is 221 cm³/mol. The molecule has 0 aliphatic rings. The number of fused-ring (bicyclic) bond motifs is 4. The molecule has 252 valence electrons. The minimum absolute atomic E-state index is 0.640. The number of hydrogen-bond donors (Lipinski definition) is 0. The molecule has 0 aliphatic carbocycles. The summed E-state index contributed by atoms with van der Waals surface area (Å²) in [6, 6.07) is 64.6. The number of pyridine rings is 2.